The molecule has 0 saturated carbocycles. The van der Waals surface area contributed by atoms with Crippen LogP contribution < -0.4 is 5.73 Å². The largest absolute Gasteiger partial charge is 0.396 e. The van der Waals surface area contributed by atoms with Gasteiger partial charge in [0, 0.05) is 12.7 Å². The Morgan fingerprint density at radius 3 is 2.44 bits per heavy atom. The highest BCUT2D eigenvalue weighted by Crippen LogP contribution is 2.28. The standard InChI is InChI=1S/C11H11F2N3/c1-2-16-6-9(14)11(15-16)10-7(12)4-3-5-8(10)13/h3-6H,2,14H2,1H3. The van der Waals surface area contributed by atoms with Gasteiger partial charge in [0.25, 0.3) is 0 Å². The molecule has 0 atom stereocenters. The summed E-state index contributed by atoms with van der Waals surface area (Å²) in [6, 6.07) is 3.67. The lowest BCUT2D eigenvalue weighted by molar-refractivity contribution is 0.586. The van der Waals surface area contributed by atoms with Crippen LogP contribution in [0.4, 0.5) is 14.5 Å². The first-order valence-electron chi connectivity index (χ1n) is 4.90. The fourth-order valence-electron chi connectivity index (χ4n) is 1.52. The Kier molecular flexibility index (Phi) is 2.60. The molecule has 2 N–H and O–H groups in total. The van der Waals surface area contributed by atoms with Crippen LogP contribution >= 0.6 is 0 Å². The van der Waals surface area contributed by atoms with Crippen LogP contribution in [0.3, 0.4) is 0 Å². The molecule has 0 aliphatic heterocycles. The van der Waals surface area contributed by atoms with E-state index in [0.29, 0.717) is 6.54 Å². The van der Waals surface area contributed by atoms with Crippen LogP contribution in [0.1, 0.15) is 6.92 Å². The van der Waals surface area contributed by atoms with E-state index in [9.17, 15) is 8.78 Å². The average Bonchev–Trinajstić information content (AvgIpc) is 2.60. The number of hydrogen-bond acceptors (Lipinski definition) is 2. The van der Waals surface area contributed by atoms with E-state index < -0.39 is 11.6 Å². The number of benzene rings is 1. The molecule has 1 aromatic heterocycles. The van der Waals surface area contributed by atoms with Crippen molar-refractivity contribution < 1.29 is 8.78 Å². The second-order valence-corrected chi connectivity index (χ2v) is 3.39. The Bertz CT molecular complexity index is 500. The van der Waals surface area contributed by atoms with E-state index in [1.807, 2.05) is 6.92 Å². The molecule has 1 heterocycles. The van der Waals surface area contributed by atoms with Crippen molar-refractivity contribution >= 4 is 5.69 Å². The topological polar surface area (TPSA) is 43.8 Å². The molecule has 3 nitrogen and oxygen atoms in total. The Morgan fingerprint density at radius 2 is 1.94 bits per heavy atom. The van der Waals surface area contributed by atoms with E-state index in [2.05, 4.69) is 5.10 Å². The maximum absolute atomic E-state index is 13.5. The first-order chi connectivity index (χ1) is 7.63. The number of aryl methyl sites for hydroxylation is 1. The Morgan fingerprint density at radius 1 is 1.31 bits per heavy atom. The summed E-state index contributed by atoms with van der Waals surface area (Å²) in [5, 5.41) is 4.03. The highest BCUT2D eigenvalue weighted by molar-refractivity contribution is 5.72. The van der Waals surface area contributed by atoms with Gasteiger partial charge in [-0.15, -0.1) is 0 Å². The average molecular weight is 223 g/mol. The molecule has 0 spiro atoms. The number of aromatic nitrogens is 2. The summed E-state index contributed by atoms with van der Waals surface area (Å²) in [6.07, 6.45) is 1.56. The van der Waals surface area contributed by atoms with Gasteiger partial charge >= 0.3 is 0 Å². The molecule has 0 fully saturated rings. The molecule has 0 aliphatic rings. The second kappa shape index (κ2) is 3.92. The summed E-state index contributed by atoms with van der Waals surface area (Å²) in [7, 11) is 0. The van der Waals surface area contributed by atoms with Crippen molar-refractivity contribution in [2.45, 2.75) is 13.5 Å². The monoisotopic (exact) mass is 223 g/mol. The molecule has 0 radical (unpaired) electrons. The maximum Gasteiger partial charge on any atom is 0.135 e. The number of nitrogen functional groups attached to an aromatic ring is 1. The molecule has 0 aliphatic carbocycles. The lowest BCUT2D eigenvalue weighted by Gasteiger charge is -2.02. The predicted molar refractivity (Wildman–Crippen MR) is 57.7 cm³/mol. The zero-order valence-electron chi connectivity index (χ0n) is 8.74. The minimum atomic E-state index is -0.659. The smallest absolute Gasteiger partial charge is 0.135 e. The van der Waals surface area contributed by atoms with Gasteiger partial charge in [0.2, 0.25) is 0 Å². The SMILES string of the molecule is CCn1cc(N)c(-c2c(F)cccc2F)n1. The third-order valence-corrected chi connectivity index (χ3v) is 2.31. The van der Waals surface area contributed by atoms with Crippen LogP contribution in [0.25, 0.3) is 11.3 Å². The Labute approximate surface area is 91.5 Å². The molecule has 16 heavy (non-hydrogen) atoms. The summed E-state index contributed by atoms with van der Waals surface area (Å²) >= 11 is 0. The van der Waals surface area contributed by atoms with Crippen LogP contribution in [0.15, 0.2) is 24.4 Å². The summed E-state index contributed by atoms with van der Waals surface area (Å²) in [6.45, 7) is 2.47. The molecule has 84 valence electrons. The number of anilines is 1. The fourth-order valence-corrected chi connectivity index (χ4v) is 1.52. The lowest BCUT2D eigenvalue weighted by Crippen LogP contribution is -1.96. The van der Waals surface area contributed by atoms with Gasteiger partial charge < -0.3 is 5.73 Å². The van der Waals surface area contributed by atoms with Crippen molar-refractivity contribution in [3.8, 4) is 11.3 Å². The van der Waals surface area contributed by atoms with Gasteiger partial charge in [-0.25, -0.2) is 8.78 Å². The normalized spacial score (nSPS) is 10.7. The van der Waals surface area contributed by atoms with E-state index in [1.54, 1.807) is 6.20 Å². The predicted octanol–water partition coefficient (Wildman–Crippen LogP) is 2.43. The molecular formula is C11H11F2N3. The molecular weight excluding hydrogens is 212 g/mol. The van der Waals surface area contributed by atoms with Gasteiger partial charge in [-0.05, 0) is 19.1 Å². The van der Waals surface area contributed by atoms with Crippen molar-refractivity contribution in [3.63, 3.8) is 0 Å². The van der Waals surface area contributed by atoms with E-state index >= 15 is 0 Å². The van der Waals surface area contributed by atoms with Crippen LogP contribution in [-0.4, -0.2) is 9.78 Å². The summed E-state index contributed by atoms with van der Waals surface area (Å²) in [4.78, 5) is 0. The van der Waals surface area contributed by atoms with Gasteiger partial charge in [0.1, 0.15) is 17.3 Å². The lowest BCUT2D eigenvalue weighted by atomic mass is 10.1. The second-order valence-electron chi connectivity index (χ2n) is 3.39. The number of halogens is 2. The van der Waals surface area contributed by atoms with Gasteiger partial charge in [-0.2, -0.15) is 5.10 Å². The zero-order chi connectivity index (χ0) is 11.7. The number of nitrogens with zero attached hydrogens (tertiary/aromatic N) is 2. The number of nitrogens with two attached hydrogens (primary N) is 1. The third kappa shape index (κ3) is 1.64. The van der Waals surface area contributed by atoms with E-state index in [0.717, 1.165) is 0 Å². The molecule has 1 aromatic carbocycles. The quantitative estimate of drug-likeness (QED) is 0.849. The van der Waals surface area contributed by atoms with Crippen molar-refractivity contribution in [2.75, 3.05) is 5.73 Å². The zero-order valence-corrected chi connectivity index (χ0v) is 8.74. The highest BCUT2D eigenvalue weighted by atomic mass is 19.1. The summed E-state index contributed by atoms with van der Waals surface area (Å²) in [5.41, 5.74) is 5.92. The molecule has 0 unspecified atom stereocenters. The summed E-state index contributed by atoms with van der Waals surface area (Å²) < 4.78 is 28.5. The van der Waals surface area contributed by atoms with Crippen LogP contribution in [0, 0.1) is 11.6 Å². The van der Waals surface area contributed by atoms with Crippen LogP contribution in [0.2, 0.25) is 0 Å². The minimum absolute atomic E-state index is 0.150. The molecule has 2 aromatic rings. The van der Waals surface area contributed by atoms with E-state index in [4.69, 9.17) is 5.73 Å². The van der Waals surface area contributed by atoms with E-state index in [1.165, 1.54) is 22.9 Å². The van der Waals surface area contributed by atoms with Crippen molar-refractivity contribution in [1.82, 2.24) is 9.78 Å². The molecule has 0 saturated heterocycles. The summed E-state index contributed by atoms with van der Waals surface area (Å²) in [5.74, 6) is -1.32. The third-order valence-electron chi connectivity index (χ3n) is 2.31. The number of hydrogen-bond donors (Lipinski definition) is 1. The minimum Gasteiger partial charge on any atom is -0.396 e. The number of rotatable bonds is 2. The molecule has 0 bridgehead atoms. The van der Waals surface area contributed by atoms with Gasteiger partial charge in [0.15, 0.2) is 0 Å². The first-order valence-corrected chi connectivity index (χ1v) is 4.90. The van der Waals surface area contributed by atoms with Gasteiger partial charge in [-0.3, -0.25) is 4.68 Å². The van der Waals surface area contributed by atoms with Gasteiger partial charge in [-0.1, -0.05) is 6.07 Å². The molecule has 2 rings (SSSR count). The Balaban J connectivity index is 2.62. The fraction of sp³-hybridized carbons (Fsp3) is 0.182. The van der Waals surface area contributed by atoms with Crippen molar-refractivity contribution in [3.05, 3.63) is 36.0 Å². The van der Waals surface area contributed by atoms with Crippen LogP contribution in [-0.2, 0) is 6.54 Å². The molecule has 0 amide bonds. The Hall–Kier alpha value is -1.91. The van der Waals surface area contributed by atoms with Crippen molar-refractivity contribution in [1.29, 1.82) is 0 Å². The molecule has 5 heteroatoms. The van der Waals surface area contributed by atoms with Crippen LogP contribution in [0.5, 0.6) is 0 Å². The van der Waals surface area contributed by atoms with Crippen molar-refractivity contribution in [2.24, 2.45) is 0 Å². The maximum atomic E-state index is 13.5. The van der Waals surface area contributed by atoms with Gasteiger partial charge in [0.05, 0.1) is 11.3 Å². The highest BCUT2D eigenvalue weighted by Gasteiger charge is 2.16. The first kappa shape index (κ1) is 10.6. The van der Waals surface area contributed by atoms with E-state index in [-0.39, 0.29) is 16.9 Å².